The zero-order valence-corrected chi connectivity index (χ0v) is 17.1. The molecule has 0 saturated carbocycles. The van der Waals surface area contributed by atoms with Gasteiger partial charge in [0.2, 0.25) is 0 Å². The molecule has 0 saturated heterocycles. The van der Waals surface area contributed by atoms with E-state index in [-0.39, 0.29) is 0 Å². The lowest BCUT2D eigenvalue weighted by Crippen LogP contribution is -2.26. The van der Waals surface area contributed by atoms with Crippen molar-refractivity contribution in [2.24, 2.45) is 7.05 Å². The van der Waals surface area contributed by atoms with E-state index in [0.717, 1.165) is 43.7 Å². The average molecular weight is 396 g/mol. The summed E-state index contributed by atoms with van der Waals surface area (Å²) in [7, 11) is -1.11. The number of sulfone groups is 1. The number of hydrogen-bond donors (Lipinski definition) is 0. The molecule has 1 aliphatic rings. The minimum Gasteiger partial charge on any atom is -0.298 e. The molecule has 0 unspecified atom stereocenters. The van der Waals surface area contributed by atoms with Crippen LogP contribution in [0, 0.1) is 0 Å². The van der Waals surface area contributed by atoms with Crippen LogP contribution in [-0.2, 0) is 36.3 Å². The minimum absolute atomic E-state index is 0.373. The topological polar surface area (TPSA) is 55.2 Å². The van der Waals surface area contributed by atoms with Crippen LogP contribution in [-0.4, -0.2) is 42.4 Å². The van der Waals surface area contributed by atoms with Crippen LogP contribution in [0.2, 0.25) is 0 Å². The minimum atomic E-state index is -3.15. The summed E-state index contributed by atoms with van der Waals surface area (Å²) in [6.45, 7) is 2.76. The molecular formula is C22H25N3O2S. The Hall–Kier alpha value is -2.44. The molecule has 28 heavy (non-hydrogen) atoms. The molecular weight excluding hydrogens is 370 g/mol. The molecule has 2 heterocycles. The Morgan fingerprint density at radius 3 is 2.32 bits per heavy atom. The van der Waals surface area contributed by atoms with E-state index in [2.05, 4.69) is 29.2 Å². The maximum atomic E-state index is 11.6. The van der Waals surface area contributed by atoms with Gasteiger partial charge in [-0.1, -0.05) is 42.5 Å². The third-order valence-corrected chi connectivity index (χ3v) is 6.55. The molecule has 1 aromatic heterocycles. The lowest BCUT2D eigenvalue weighted by Gasteiger charge is -2.20. The van der Waals surface area contributed by atoms with Gasteiger partial charge in [-0.3, -0.25) is 9.58 Å². The molecule has 0 atom stereocenters. The van der Waals surface area contributed by atoms with E-state index < -0.39 is 9.84 Å². The fourth-order valence-corrected chi connectivity index (χ4v) is 4.54. The van der Waals surface area contributed by atoms with Gasteiger partial charge in [0.1, 0.15) is 0 Å². The van der Waals surface area contributed by atoms with Crippen molar-refractivity contribution >= 4 is 9.84 Å². The van der Waals surface area contributed by atoms with E-state index in [1.807, 2.05) is 29.9 Å². The van der Waals surface area contributed by atoms with Gasteiger partial charge < -0.3 is 0 Å². The van der Waals surface area contributed by atoms with Gasteiger partial charge in [0.05, 0.1) is 10.6 Å². The second kappa shape index (κ2) is 7.53. The molecule has 4 rings (SSSR count). The van der Waals surface area contributed by atoms with Gasteiger partial charge in [-0.15, -0.1) is 0 Å². The van der Waals surface area contributed by atoms with Gasteiger partial charge >= 0.3 is 0 Å². The summed E-state index contributed by atoms with van der Waals surface area (Å²) in [4.78, 5) is 2.81. The SMILES string of the molecule is Cn1nc(-c2ccccc2)c2c1CCN(Cc1ccc(S(C)(=O)=O)cc1)CC2. The second-order valence-electron chi connectivity index (χ2n) is 7.46. The van der Waals surface area contributed by atoms with Gasteiger partial charge in [-0.2, -0.15) is 5.10 Å². The summed E-state index contributed by atoms with van der Waals surface area (Å²) in [5.74, 6) is 0. The molecule has 0 spiro atoms. The maximum Gasteiger partial charge on any atom is 0.175 e. The van der Waals surface area contributed by atoms with Crippen molar-refractivity contribution in [3.63, 3.8) is 0 Å². The highest BCUT2D eigenvalue weighted by Crippen LogP contribution is 2.28. The van der Waals surface area contributed by atoms with Crippen LogP contribution in [0.15, 0.2) is 59.5 Å². The third-order valence-electron chi connectivity index (χ3n) is 5.42. The number of nitrogens with zero attached hydrogens (tertiary/aromatic N) is 3. The van der Waals surface area contributed by atoms with E-state index in [4.69, 9.17) is 5.10 Å². The smallest absolute Gasteiger partial charge is 0.175 e. The van der Waals surface area contributed by atoms with Crippen LogP contribution >= 0.6 is 0 Å². The molecule has 0 N–H and O–H groups in total. The van der Waals surface area contributed by atoms with Crippen molar-refractivity contribution in [1.82, 2.24) is 14.7 Å². The predicted octanol–water partition coefficient (Wildman–Crippen LogP) is 3.09. The summed E-state index contributed by atoms with van der Waals surface area (Å²) in [5.41, 5.74) is 6.07. The zero-order chi connectivity index (χ0) is 19.7. The van der Waals surface area contributed by atoms with Crippen LogP contribution in [0.4, 0.5) is 0 Å². The summed E-state index contributed by atoms with van der Waals surface area (Å²) >= 11 is 0. The first kappa shape index (κ1) is 18.9. The van der Waals surface area contributed by atoms with E-state index in [0.29, 0.717) is 4.90 Å². The van der Waals surface area contributed by atoms with E-state index in [1.165, 1.54) is 23.1 Å². The summed E-state index contributed by atoms with van der Waals surface area (Å²) in [5, 5.41) is 4.79. The summed E-state index contributed by atoms with van der Waals surface area (Å²) in [6, 6.07) is 17.6. The van der Waals surface area contributed by atoms with Crippen molar-refractivity contribution in [2.45, 2.75) is 24.3 Å². The monoisotopic (exact) mass is 395 g/mol. The highest BCUT2D eigenvalue weighted by Gasteiger charge is 2.22. The van der Waals surface area contributed by atoms with Crippen LogP contribution in [0.5, 0.6) is 0 Å². The third kappa shape index (κ3) is 3.88. The van der Waals surface area contributed by atoms with Gasteiger partial charge in [-0.05, 0) is 24.1 Å². The molecule has 2 aromatic carbocycles. The number of rotatable bonds is 4. The lowest BCUT2D eigenvalue weighted by atomic mass is 10.0. The summed E-state index contributed by atoms with van der Waals surface area (Å²) in [6.07, 6.45) is 3.17. The molecule has 5 nitrogen and oxygen atoms in total. The molecule has 0 aliphatic carbocycles. The fraction of sp³-hybridized carbons (Fsp3) is 0.318. The molecule has 6 heteroatoms. The molecule has 0 amide bonds. The highest BCUT2D eigenvalue weighted by atomic mass is 32.2. The van der Waals surface area contributed by atoms with Crippen molar-refractivity contribution in [2.75, 3.05) is 19.3 Å². The Morgan fingerprint density at radius 2 is 1.64 bits per heavy atom. The second-order valence-corrected chi connectivity index (χ2v) is 9.47. The lowest BCUT2D eigenvalue weighted by molar-refractivity contribution is 0.277. The van der Waals surface area contributed by atoms with Crippen LogP contribution in [0.1, 0.15) is 16.8 Å². The van der Waals surface area contributed by atoms with Gasteiger partial charge in [0, 0.05) is 56.2 Å². The maximum absolute atomic E-state index is 11.6. The number of aromatic nitrogens is 2. The standard InChI is InChI=1S/C22H25N3O2S/c1-24-21-13-15-25(16-17-8-10-19(11-9-17)28(2,26)27)14-12-20(21)22(23-24)18-6-4-3-5-7-18/h3-11H,12-16H2,1-2H3. The molecule has 0 radical (unpaired) electrons. The first-order valence-electron chi connectivity index (χ1n) is 9.53. The van der Waals surface area contributed by atoms with E-state index >= 15 is 0 Å². The van der Waals surface area contributed by atoms with Crippen molar-refractivity contribution in [1.29, 1.82) is 0 Å². The average Bonchev–Trinajstić information content (AvgIpc) is 2.85. The van der Waals surface area contributed by atoms with Crippen molar-refractivity contribution in [3.05, 3.63) is 71.4 Å². The Bertz CT molecular complexity index is 1070. The largest absolute Gasteiger partial charge is 0.298 e. The fourth-order valence-electron chi connectivity index (χ4n) is 3.91. The zero-order valence-electron chi connectivity index (χ0n) is 16.3. The molecule has 0 fully saturated rings. The quantitative estimate of drug-likeness (QED) is 0.681. The highest BCUT2D eigenvalue weighted by molar-refractivity contribution is 7.90. The van der Waals surface area contributed by atoms with Crippen LogP contribution in [0.25, 0.3) is 11.3 Å². The van der Waals surface area contributed by atoms with E-state index in [1.54, 1.807) is 12.1 Å². The van der Waals surface area contributed by atoms with Gasteiger partial charge in [-0.25, -0.2) is 8.42 Å². The summed E-state index contributed by atoms with van der Waals surface area (Å²) < 4.78 is 25.3. The molecule has 3 aromatic rings. The van der Waals surface area contributed by atoms with Crippen molar-refractivity contribution < 1.29 is 8.42 Å². The van der Waals surface area contributed by atoms with Crippen LogP contribution in [0.3, 0.4) is 0 Å². The Labute approximate surface area is 166 Å². The molecule has 0 bridgehead atoms. The normalized spacial score (nSPS) is 15.2. The predicted molar refractivity (Wildman–Crippen MR) is 111 cm³/mol. The van der Waals surface area contributed by atoms with Gasteiger partial charge in [0.15, 0.2) is 9.84 Å². The molecule has 1 aliphatic heterocycles. The number of hydrogen-bond acceptors (Lipinski definition) is 4. The number of fused-ring (bicyclic) bond motifs is 1. The van der Waals surface area contributed by atoms with Crippen LogP contribution < -0.4 is 0 Å². The number of aryl methyl sites for hydroxylation is 1. The Morgan fingerprint density at radius 1 is 0.964 bits per heavy atom. The molecule has 146 valence electrons. The van der Waals surface area contributed by atoms with Gasteiger partial charge in [0.25, 0.3) is 0 Å². The number of benzene rings is 2. The first-order chi connectivity index (χ1) is 13.4. The van der Waals surface area contributed by atoms with E-state index in [9.17, 15) is 8.42 Å². The Kier molecular flexibility index (Phi) is 5.08. The van der Waals surface area contributed by atoms with Crippen molar-refractivity contribution in [3.8, 4) is 11.3 Å². The first-order valence-corrected chi connectivity index (χ1v) is 11.4. The Balaban J connectivity index is 1.51.